The van der Waals surface area contributed by atoms with Crippen LogP contribution in [0.3, 0.4) is 0 Å². The number of urea groups is 1. The molecule has 1 saturated heterocycles. The van der Waals surface area contributed by atoms with E-state index < -0.39 is 0 Å². The fraction of sp³-hybridized carbons (Fsp3) is 0.909. The van der Waals surface area contributed by atoms with Crippen LogP contribution in [0.2, 0.25) is 0 Å². The van der Waals surface area contributed by atoms with E-state index in [4.69, 9.17) is 5.73 Å². The third-order valence-corrected chi connectivity index (χ3v) is 2.93. The van der Waals surface area contributed by atoms with Gasteiger partial charge in [-0.15, -0.1) is 0 Å². The molecule has 0 aromatic carbocycles. The van der Waals surface area contributed by atoms with E-state index in [1.807, 2.05) is 18.7 Å². The summed E-state index contributed by atoms with van der Waals surface area (Å²) in [6, 6.07) is 0.299. The third-order valence-electron chi connectivity index (χ3n) is 2.93. The van der Waals surface area contributed by atoms with Gasteiger partial charge in [0, 0.05) is 24.2 Å². The van der Waals surface area contributed by atoms with Gasteiger partial charge in [-0.2, -0.15) is 0 Å². The van der Waals surface area contributed by atoms with Gasteiger partial charge in [-0.05, 0) is 40.5 Å². The number of nitrogens with one attached hydrogen (secondary N) is 1. The quantitative estimate of drug-likeness (QED) is 0.690. The number of amides is 2. The lowest BCUT2D eigenvalue weighted by Crippen LogP contribution is -2.59. The molecule has 1 aliphatic heterocycles. The number of hydrogen-bond donors (Lipinski definition) is 2. The van der Waals surface area contributed by atoms with Crippen molar-refractivity contribution in [2.75, 3.05) is 6.54 Å². The maximum atomic E-state index is 11.9. The van der Waals surface area contributed by atoms with Gasteiger partial charge in [0.2, 0.25) is 0 Å². The summed E-state index contributed by atoms with van der Waals surface area (Å²) < 4.78 is 0. The lowest BCUT2D eigenvalue weighted by Gasteiger charge is -2.44. The van der Waals surface area contributed by atoms with Gasteiger partial charge >= 0.3 is 6.03 Å². The molecule has 1 rings (SSSR count). The van der Waals surface area contributed by atoms with Crippen LogP contribution in [0.1, 0.15) is 40.5 Å². The number of rotatable bonds is 1. The van der Waals surface area contributed by atoms with Crippen LogP contribution in [0.5, 0.6) is 0 Å². The third kappa shape index (κ3) is 3.09. The van der Waals surface area contributed by atoms with Gasteiger partial charge < -0.3 is 16.0 Å². The predicted octanol–water partition coefficient (Wildman–Crippen LogP) is 1.31. The minimum Gasteiger partial charge on any atom is -0.336 e. The standard InChI is InChI=1S/C11H23N3O/c1-8(2)13-10(15)14-7-9(12)5-6-11(14,3)4/h8-9H,5-7,12H2,1-4H3,(H,13,15). The Morgan fingerprint density at radius 3 is 2.67 bits per heavy atom. The Balaban J connectivity index is 2.67. The lowest BCUT2D eigenvalue weighted by atomic mass is 9.89. The van der Waals surface area contributed by atoms with Crippen molar-refractivity contribution in [3.05, 3.63) is 0 Å². The van der Waals surface area contributed by atoms with Crippen molar-refractivity contribution >= 4 is 6.03 Å². The zero-order valence-electron chi connectivity index (χ0n) is 10.2. The summed E-state index contributed by atoms with van der Waals surface area (Å²) in [6.45, 7) is 8.78. The molecule has 4 heteroatoms. The van der Waals surface area contributed by atoms with E-state index in [-0.39, 0.29) is 23.7 Å². The van der Waals surface area contributed by atoms with Gasteiger partial charge in [0.1, 0.15) is 0 Å². The summed E-state index contributed by atoms with van der Waals surface area (Å²) in [6.07, 6.45) is 1.97. The number of carbonyl (C=O) groups is 1. The maximum absolute atomic E-state index is 11.9. The first-order valence-electron chi connectivity index (χ1n) is 5.66. The molecule has 1 fully saturated rings. The normalized spacial score (nSPS) is 25.5. The Morgan fingerprint density at radius 1 is 1.53 bits per heavy atom. The van der Waals surface area contributed by atoms with Crippen LogP contribution in [-0.4, -0.2) is 35.1 Å². The summed E-state index contributed by atoms with van der Waals surface area (Å²) in [5.41, 5.74) is 5.82. The Bertz CT molecular complexity index is 238. The number of carbonyl (C=O) groups excluding carboxylic acids is 1. The van der Waals surface area contributed by atoms with Gasteiger partial charge in [0.25, 0.3) is 0 Å². The monoisotopic (exact) mass is 213 g/mol. The molecule has 15 heavy (non-hydrogen) atoms. The van der Waals surface area contributed by atoms with Crippen LogP contribution in [0.25, 0.3) is 0 Å². The molecule has 0 bridgehead atoms. The first-order valence-corrected chi connectivity index (χ1v) is 5.66. The predicted molar refractivity (Wildman–Crippen MR) is 61.7 cm³/mol. The minimum atomic E-state index is -0.0746. The Labute approximate surface area is 92.2 Å². The smallest absolute Gasteiger partial charge is 0.318 e. The summed E-state index contributed by atoms with van der Waals surface area (Å²) in [4.78, 5) is 13.8. The van der Waals surface area contributed by atoms with Crippen LogP contribution in [0.15, 0.2) is 0 Å². The zero-order chi connectivity index (χ0) is 11.6. The molecular weight excluding hydrogens is 190 g/mol. The first-order chi connectivity index (χ1) is 6.83. The van der Waals surface area contributed by atoms with Crippen molar-refractivity contribution < 1.29 is 4.79 Å². The summed E-state index contributed by atoms with van der Waals surface area (Å²) >= 11 is 0. The van der Waals surface area contributed by atoms with E-state index in [0.29, 0.717) is 6.54 Å². The van der Waals surface area contributed by atoms with Gasteiger partial charge in [-0.1, -0.05) is 0 Å². The van der Waals surface area contributed by atoms with Crippen molar-refractivity contribution in [2.24, 2.45) is 5.73 Å². The fourth-order valence-electron chi connectivity index (χ4n) is 1.93. The highest BCUT2D eigenvalue weighted by molar-refractivity contribution is 5.75. The lowest BCUT2D eigenvalue weighted by molar-refractivity contribution is 0.0919. The molecule has 1 heterocycles. The second kappa shape index (κ2) is 4.39. The second-order valence-corrected chi connectivity index (χ2v) is 5.33. The van der Waals surface area contributed by atoms with Crippen LogP contribution < -0.4 is 11.1 Å². The van der Waals surface area contributed by atoms with Gasteiger partial charge in [-0.3, -0.25) is 0 Å². The highest BCUT2D eigenvalue weighted by Crippen LogP contribution is 2.26. The number of piperidine rings is 1. The van der Waals surface area contributed by atoms with Crippen LogP contribution >= 0.6 is 0 Å². The Morgan fingerprint density at radius 2 is 2.13 bits per heavy atom. The van der Waals surface area contributed by atoms with E-state index in [1.54, 1.807) is 0 Å². The SMILES string of the molecule is CC(C)NC(=O)N1CC(N)CCC1(C)C. The molecule has 1 aliphatic rings. The average Bonchev–Trinajstić information content (AvgIpc) is 2.08. The van der Waals surface area contributed by atoms with Crippen molar-refractivity contribution in [3.8, 4) is 0 Å². The fourth-order valence-corrected chi connectivity index (χ4v) is 1.93. The van der Waals surface area contributed by atoms with Crippen molar-refractivity contribution in [2.45, 2.75) is 58.2 Å². The van der Waals surface area contributed by atoms with Crippen LogP contribution in [-0.2, 0) is 0 Å². The number of nitrogens with zero attached hydrogens (tertiary/aromatic N) is 1. The summed E-state index contributed by atoms with van der Waals surface area (Å²) in [5, 5.41) is 2.92. The minimum absolute atomic E-state index is 0.00477. The summed E-state index contributed by atoms with van der Waals surface area (Å²) in [5.74, 6) is 0. The van der Waals surface area contributed by atoms with Crippen molar-refractivity contribution in [1.82, 2.24) is 10.2 Å². The zero-order valence-corrected chi connectivity index (χ0v) is 10.2. The number of nitrogens with two attached hydrogens (primary N) is 1. The molecule has 1 unspecified atom stereocenters. The largest absolute Gasteiger partial charge is 0.336 e. The van der Waals surface area contributed by atoms with E-state index in [1.165, 1.54) is 0 Å². The van der Waals surface area contributed by atoms with Gasteiger partial charge in [0.05, 0.1) is 0 Å². The van der Waals surface area contributed by atoms with Crippen LogP contribution in [0.4, 0.5) is 4.79 Å². The molecule has 0 aliphatic carbocycles. The van der Waals surface area contributed by atoms with E-state index in [0.717, 1.165) is 12.8 Å². The molecule has 0 spiro atoms. The number of likely N-dealkylation sites (tertiary alicyclic amines) is 1. The number of hydrogen-bond acceptors (Lipinski definition) is 2. The molecular formula is C11H23N3O. The highest BCUT2D eigenvalue weighted by Gasteiger charge is 2.36. The van der Waals surface area contributed by atoms with Gasteiger partial charge in [-0.25, -0.2) is 4.79 Å². The van der Waals surface area contributed by atoms with E-state index in [9.17, 15) is 4.79 Å². The Hall–Kier alpha value is -0.770. The van der Waals surface area contributed by atoms with Gasteiger partial charge in [0.15, 0.2) is 0 Å². The first kappa shape index (κ1) is 12.3. The van der Waals surface area contributed by atoms with Crippen molar-refractivity contribution in [1.29, 1.82) is 0 Å². The molecule has 1 atom stereocenters. The molecule has 88 valence electrons. The highest BCUT2D eigenvalue weighted by atomic mass is 16.2. The van der Waals surface area contributed by atoms with E-state index >= 15 is 0 Å². The molecule has 0 aromatic heterocycles. The van der Waals surface area contributed by atoms with Crippen LogP contribution in [0, 0.1) is 0 Å². The molecule has 2 amide bonds. The molecule has 0 aromatic rings. The molecule has 4 nitrogen and oxygen atoms in total. The maximum Gasteiger partial charge on any atom is 0.318 e. The van der Waals surface area contributed by atoms with Crippen molar-refractivity contribution in [3.63, 3.8) is 0 Å². The van der Waals surface area contributed by atoms with E-state index in [2.05, 4.69) is 19.2 Å². The molecule has 3 N–H and O–H groups in total. The second-order valence-electron chi connectivity index (χ2n) is 5.33. The Kier molecular flexibility index (Phi) is 3.60. The topological polar surface area (TPSA) is 58.4 Å². The average molecular weight is 213 g/mol. The molecule has 0 saturated carbocycles. The summed E-state index contributed by atoms with van der Waals surface area (Å²) in [7, 11) is 0. The molecule has 0 radical (unpaired) electrons.